The second kappa shape index (κ2) is 23.0. The maximum absolute atomic E-state index is 11.6. The quantitative estimate of drug-likeness (QED) is 0.357. The molecule has 0 amide bonds. The van der Waals surface area contributed by atoms with Crippen LogP contribution in [0.3, 0.4) is 0 Å². The molecule has 0 radical (unpaired) electrons. The molecule has 0 aromatic carbocycles. The lowest BCUT2D eigenvalue weighted by atomic mass is 10.0. The summed E-state index contributed by atoms with van der Waals surface area (Å²) < 4.78 is 10.5. The van der Waals surface area contributed by atoms with Gasteiger partial charge in [-0.25, -0.2) is 0 Å². The number of anilines is 1. The fourth-order valence-electron chi connectivity index (χ4n) is 2.85. The molecule has 2 atom stereocenters. The van der Waals surface area contributed by atoms with Crippen LogP contribution >= 0.6 is 0 Å². The first-order valence-corrected chi connectivity index (χ1v) is 12.7. The number of carbonyl (C=O) groups excluding carboxylic acids is 2. The fourth-order valence-corrected chi connectivity index (χ4v) is 2.85. The van der Waals surface area contributed by atoms with E-state index in [0.717, 1.165) is 16.9 Å². The van der Waals surface area contributed by atoms with E-state index in [2.05, 4.69) is 0 Å². The summed E-state index contributed by atoms with van der Waals surface area (Å²) in [6, 6.07) is -0.111. The van der Waals surface area contributed by atoms with Crippen LogP contribution in [-0.2, 0) is 14.3 Å². The first-order chi connectivity index (χ1) is 17.1. The van der Waals surface area contributed by atoms with E-state index in [9.17, 15) is 14.4 Å². The van der Waals surface area contributed by atoms with Gasteiger partial charge in [-0.05, 0) is 82.2 Å². The van der Waals surface area contributed by atoms with Crippen molar-refractivity contribution in [1.29, 1.82) is 0 Å². The number of likely N-dealkylation sites (N-methyl/N-ethyl adjacent to an activating group) is 2. The molecule has 0 saturated heterocycles. The minimum atomic E-state index is -0.103. The Labute approximate surface area is 248 Å². The van der Waals surface area contributed by atoms with Crippen molar-refractivity contribution in [1.82, 2.24) is 9.80 Å². The Bertz CT molecular complexity index is 996. The van der Waals surface area contributed by atoms with E-state index >= 15 is 0 Å². The van der Waals surface area contributed by atoms with Gasteiger partial charge in [0.05, 0.1) is 11.8 Å². The average Bonchev–Trinajstić information content (AvgIpc) is 2.86. The van der Waals surface area contributed by atoms with Gasteiger partial charge in [-0.2, -0.15) is 0 Å². The first kappa shape index (κ1) is 47.1. The van der Waals surface area contributed by atoms with Crippen LogP contribution in [0.5, 0.6) is 0 Å². The van der Waals surface area contributed by atoms with E-state index in [1.807, 2.05) is 107 Å². The number of carbonyl (C=O) groups is 2. The molecule has 0 bridgehead atoms. The predicted molar refractivity (Wildman–Crippen MR) is 177 cm³/mol. The highest BCUT2D eigenvalue weighted by atomic mass is 16.5. The minimum Gasteiger partial charge on any atom is -0.496 e. The van der Waals surface area contributed by atoms with E-state index < -0.39 is 0 Å². The van der Waals surface area contributed by atoms with E-state index in [0.29, 0.717) is 23.6 Å². The Morgan fingerprint density at radius 3 is 1.85 bits per heavy atom. The van der Waals surface area contributed by atoms with Crippen LogP contribution in [0, 0.1) is 13.8 Å². The summed E-state index contributed by atoms with van der Waals surface area (Å²) in [6.07, 6.45) is 3.34. The van der Waals surface area contributed by atoms with Crippen molar-refractivity contribution in [2.75, 3.05) is 53.8 Å². The van der Waals surface area contributed by atoms with Crippen molar-refractivity contribution >= 4 is 17.3 Å². The molecule has 2 heterocycles. The summed E-state index contributed by atoms with van der Waals surface area (Å²) in [6.45, 7) is 17.3. The van der Waals surface area contributed by atoms with Gasteiger partial charge in [0.25, 0.3) is 0 Å². The van der Waals surface area contributed by atoms with E-state index in [-0.39, 0.29) is 52.8 Å². The average molecular weight is 573 g/mol. The minimum absolute atomic E-state index is 0. The van der Waals surface area contributed by atoms with Crippen LogP contribution < -0.4 is 10.3 Å². The van der Waals surface area contributed by atoms with E-state index in [4.69, 9.17) is 9.15 Å². The van der Waals surface area contributed by atoms with Gasteiger partial charge >= 0.3 is 0 Å². The molecule has 0 N–H and O–H groups in total. The third kappa shape index (κ3) is 14.6. The summed E-state index contributed by atoms with van der Waals surface area (Å²) in [5, 5.41) is 0. The number of nitrogens with zero attached hydrogens (tertiary/aromatic N) is 3. The molecule has 8 nitrogen and oxygen atoms in total. The van der Waals surface area contributed by atoms with Crippen molar-refractivity contribution < 1.29 is 20.2 Å². The van der Waals surface area contributed by atoms with Crippen molar-refractivity contribution in [2.24, 2.45) is 0 Å². The monoisotopic (exact) mass is 572 g/mol. The molecule has 0 aliphatic carbocycles. The summed E-state index contributed by atoms with van der Waals surface area (Å²) >= 11 is 0. The zero-order chi connectivity index (χ0) is 29.6. The molecule has 0 saturated carbocycles. The number of aryl methyl sites for hydroxylation is 1. The molecule has 238 valence electrons. The largest absolute Gasteiger partial charge is 0.496 e. The van der Waals surface area contributed by atoms with Gasteiger partial charge in [0, 0.05) is 26.7 Å². The third-order valence-electron chi connectivity index (χ3n) is 6.19. The highest BCUT2D eigenvalue weighted by Crippen LogP contribution is 2.17. The van der Waals surface area contributed by atoms with Gasteiger partial charge in [-0.3, -0.25) is 24.2 Å². The molecule has 0 spiro atoms. The Balaban J connectivity index is -0.000000104. The number of ketones is 2. The molecule has 0 fully saturated rings. The molecule has 40 heavy (non-hydrogen) atoms. The van der Waals surface area contributed by atoms with Gasteiger partial charge in [0.15, 0.2) is 11.6 Å². The zero-order valence-electron chi connectivity index (χ0n) is 25.9. The smallest absolute Gasteiger partial charge is 0.211 e. The lowest BCUT2D eigenvalue weighted by Gasteiger charge is -2.28. The predicted octanol–water partition coefficient (Wildman–Crippen LogP) is 6.78. The molecule has 1 aromatic rings. The first-order valence-electron chi connectivity index (χ1n) is 12.7. The highest BCUT2D eigenvalue weighted by molar-refractivity contribution is 6.00. The molecule has 1 aliphatic heterocycles. The number of hydrogen-bond donors (Lipinski definition) is 0. The summed E-state index contributed by atoms with van der Waals surface area (Å²) in [4.78, 5) is 40.1. The molecule has 1 aliphatic rings. The molecular weight excluding hydrogens is 506 g/mol. The molecule has 2 unspecified atom stereocenters. The van der Waals surface area contributed by atoms with Gasteiger partial charge in [0.1, 0.15) is 30.4 Å². The lowest BCUT2D eigenvalue weighted by molar-refractivity contribution is -0.123. The second-order valence-electron chi connectivity index (χ2n) is 9.34. The summed E-state index contributed by atoms with van der Waals surface area (Å²) in [7, 11) is 11.2. The van der Waals surface area contributed by atoms with Crippen LogP contribution in [0.2, 0.25) is 0 Å². The van der Waals surface area contributed by atoms with E-state index in [1.54, 1.807) is 18.7 Å². The Kier molecular flexibility index (Phi) is 27.1. The van der Waals surface area contributed by atoms with Gasteiger partial charge < -0.3 is 14.1 Å². The molecular formula is C32H65N3O5. The zero-order valence-corrected chi connectivity index (χ0v) is 25.9. The number of Topliss-reactive ketones (excluding diaryl/α,β-unsaturated/α-hetero) is 2. The maximum Gasteiger partial charge on any atom is 0.211 e. The standard InChI is InChI=1S/C9H15NO2.C9H13NO2.C9H17NO.C2H6.3CH4.H2/c2*1-6-7(2)12-5-8(9(6)11)10(3)4;1-6-7(2)9(11)8(3)10(4)5;1-2;;;;/h8H,5H2,1-4H3;5H,1-4H3;6,8H,1-5H3;1-2H3;3*1H4;1H/b;;7-6+;;;;;/i;;;;;;;1+1. The van der Waals surface area contributed by atoms with Crippen LogP contribution in [0.25, 0.3) is 0 Å². The van der Waals surface area contributed by atoms with Crippen LogP contribution in [0.1, 0.15) is 83.5 Å². The summed E-state index contributed by atoms with van der Waals surface area (Å²) in [5.41, 5.74) is 2.91. The molecule has 8 heteroatoms. The molecule has 2 rings (SSSR count). The SMILES string of the molecule is C.C.C.C/C=C(\C)C(=O)C(C)N(C)C.CC.CC1=C(C)C(=O)C(N(C)C)CO1.Cc1occ(N(C)C)c(=O)c1C.[2HH]. The lowest BCUT2D eigenvalue weighted by Crippen LogP contribution is -2.42. The molecule has 1 aromatic heterocycles. The van der Waals surface area contributed by atoms with Crippen LogP contribution in [-0.4, -0.2) is 82.3 Å². The Morgan fingerprint density at radius 2 is 1.48 bits per heavy atom. The van der Waals surface area contributed by atoms with Crippen LogP contribution in [0.4, 0.5) is 5.69 Å². The van der Waals surface area contributed by atoms with Crippen molar-refractivity contribution in [3.05, 3.63) is 50.8 Å². The van der Waals surface area contributed by atoms with E-state index in [1.165, 1.54) is 6.26 Å². The fraction of sp³-hybridized carbons (Fsp3) is 0.656. The van der Waals surface area contributed by atoms with Gasteiger partial charge in [0.2, 0.25) is 5.43 Å². The number of rotatable bonds is 5. The van der Waals surface area contributed by atoms with Crippen LogP contribution in [0.15, 0.2) is 38.5 Å². The third-order valence-corrected chi connectivity index (χ3v) is 6.19. The normalized spacial score (nSPS) is 14.8. The second-order valence-corrected chi connectivity index (χ2v) is 9.34. The van der Waals surface area contributed by atoms with Crippen molar-refractivity contribution in [3.63, 3.8) is 0 Å². The number of ether oxygens (including phenoxy) is 1. The van der Waals surface area contributed by atoms with Gasteiger partial charge in [-0.15, -0.1) is 0 Å². The highest BCUT2D eigenvalue weighted by Gasteiger charge is 2.28. The maximum atomic E-state index is 11.6. The Hall–Kier alpha value is -2.71. The van der Waals surface area contributed by atoms with Crippen molar-refractivity contribution in [2.45, 2.75) is 96.7 Å². The number of hydrogen-bond acceptors (Lipinski definition) is 8. The Morgan fingerprint density at radius 1 is 1.00 bits per heavy atom. The summed E-state index contributed by atoms with van der Waals surface area (Å²) in [5.74, 6) is 1.84. The van der Waals surface area contributed by atoms with Crippen molar-refractivity contribution in [3.8, 4) is 0 Å². The van der Waals surface area contributed by atoms with Gasteiger partial charge in [-0.1, -0.05) is 42.2 Å². The number of allylic oxidation sites excluding steroid dienone is 2. The topological polar surface area (TPSA) is 83.3 Å².